The molecule has 5 nitrogen and oxygen atoms in total. The number of aldehydes is 1. The lowest BCUT2D eigenvalue weighted by atomic mass is 10.2. The van der Waals surface area contributed by atoms with Crippen molar-refractivity contribution < 1.29 is 9.90 Å². The highest BCUT2D eigenvalue weighted by atomic mass is 16.3. The smallest absolute Gasteiger partial charge is 0.176 e. The lowest BCUT2D eigenvalue weighted by Crippen LogP contribution is -2.45. The number of hydrazine groups is 1. The van der Waals surface area contributed by atoms with Crippen LogP contribution in [0.15, 0.2) is 4.99 Å². The van der Waals surface area contributed by atoms with Gasteiger partial charge in [0.05, 0.1) is 6.34 Å². The number of rotatable bonds is 4. The molecule has 1 heterocycles. The van der Waals surface area contributed by atoms with E-state index in [4.69, 9.17) is 5.11 Å². The number of hydrogen-bond acceptors (Lipinski definition) is 5. The van der Waals surface area contributed by atoms with Gasteiger partial charge in [0.25, 0.3) is 0 Å². The molecule has 0 saturated carbocycles. The predicted octanol–water partition coefficient (Wildman–Crippen LogP) is -0.869. The molecule has 1 rings (SSSR count). The van der Waals surface area contributed by atoms with Crippen LogP contribution in [0.2, 0.25) is 0 Å². The molecule has 12 heavy (non-hydrogen) atoms. The summed E-state index contributed by atoms with van der Waals surface area (Å²) >= 11 is 0. The summed E-state index contributed by atoms with van der Waals surface area (Å²) < 4.78 is 0. The van der Waals surface area contributed by atoms with Crippen molar-refractivity contribution in [1.82, 2.24) is 10.4 Å². The van der Waals surface area contributed by atoms with Crippen molar-refractivity contribution >= 4 is 12.6 Å². The third-order valence-electron chi connectivity index (χ3n) is 1.86. The van der Waals surface area contributed by atoms with Crippen LogP contribution in [0.4, 0.5) is 0 Å². The van der Waals surface area contributed by atoms with Crippen molar-refractivity contribution in [3.63, 3.8) is 0 Å². The van der Waals surface area contributed by atoms with E-state index >= 15 is 0 Å². The predicted molar refractivity (Wildman–Crippen MR) is 44.5 cm³/mol. The first kappa shape index (κ1) is 9.15. The molecular weight excluding hydrogens is 158 g/mol. The van der Waals surface area contributed by atoms with Gasteiger partial charge in [-0.15, -0.1) is 0 Å². The molecule has 0 fully saturated rings. The Kier molecular flexibility index (Phi) is 3.19. The van der Waals surface area contributed by atoms with Crippen LogP contribution < -0.4 is 5.43 Å². The summed E-state index contributed by atoms with van der Waals surface area (Å²) in [5.74, 6) is 0. The molecule has 0 spiro atoms. The Morgan fingerprint density at radius 2 is 2.67 bits per heavy atom. The minimum atomic E-state index is -0.438. The van der Waals surface area contributed by atoms with E-state index in [9.17, 15) is 4.79 Å². The number of nitrogens with one attached hydrogen (secondary N) is 1. The van der Waals surface area contributed by atoms with Crippen molar-refractivity contribution in [2.24, 2.45) is 4.99 Å². The molecule has 0 aliphatic carbocycles. The van der Waals surface area contributed by atoms with Gasteiger partial charge in [-0.1, -0.05) is 0 Å². The Morgan fingerprint density at radius 1 is 1.92 bits per heavy atom. The normalized spacial score (nSPS) is 25.3. The fourth-order valence-corrected chi connectivity index (χ4v) is 1.14. The SMILES string of the molecule is C[C@H](CCO)N1NC=NC1C=O. The molecular formula is C7H13N3O2. The van der Waals surface area contributed by atoms with Gasteiger partial charge >= 0.3 is 0 Å². The molecule has 1 aliphatic rings. The third-order valence-corrected chi connectivity index (χ3v) is 1.86. The summed E-state index contributed by atoms with van der Waals surface area (Å²) in [7, 11) is 0. The fourth-order valence-electron chi connectivity index (χ4n) is 1.14. The van der Waals surface area contributed by atoms with Gasteiger partial charge in [-0.05, 0) is 13.3 Å². The van der Waals surface area contributed by atoms with E-state index in [-0.39, 0.29) is 12.6 Å². The van der Waals surface area contributed by atoms with E-state index in [1.165, 1.54) is 6.34 Å². The van der Waals surface area contributed by atoms with Crippen molar-refractivity contribution in [3.05, 3.63) is 0 Å². The molecule has 0 aromatic carbocycles. The van der Waals surface area contributed by atoms with E-state index in [2.05, 4.69) is 10.4 Å². The maximum absolute atomic E-state index is 10.5. The maximum atomic E-state index is 10.5. The first-order valence-corrected chi connectivity index (χ1v) is 3.92. The Hall–Kier alpha value is -0.940. The van der Waals surface area contributed by atoms with Crippen LogP contribution in [0.1, 0.15) is 13.3 Å². The zero-order chi connectivity index (χ0) is 8.97. The fraction of sp³-hybridized carbons (Fsp3) is 0.714. The van der Waals surface area contributed by atoms with Crippen LogP contribution in [-0.4, -0.2) is 41.6 Å². The number of hydrogen-bond donors (Lipinski definition) is 2. The second-order valence-corrected chi connectivity index (χ2v) is 2.73. The van der Waals surface area contributed by atoms with Gasteiger partial charge in [0.1, 0.15) is 0 Å². The summed E-state index contributed by atoms with van der Waals surface area (Å²) in [6, 6.07) is 0.104. The summed E-state index contributed by atoms with van der Waals surface area (Å²) in [6.45, 7) is 2.04. The number of aliphatic imine (C=N–C) groups is 1. The minimum Gasteiger partial charge on any atom is -0.396 e. The standard InChI is InChI=1S/C7H13N3O2/c1-6(2-3-11)10-7(4-12)8-5-9-10/h4-7,11H,2-3H2,1H3,(H,8,9)/t6-,7?/m1/s1. The van der Waals surface area contributed by atoms with Gasteiger partial charge in [-0.3, -0.25) is 4.79 Å². The van der Waals surface area contributed by atoms with Gasteiger partial charge < -0.3 is 10.5 Å². The van der Waals surface area contributed by atoms with Gasteiger partial charge in [-0.25, -0.2) is 4.99 Å². The lowest BCUT2D eigenvalue weighted by molar-refractivity contribution is -0.113. The lowest BCUT2D eigenvalue weighted by Gasteiger charge is -2.25. The van der Waals surface area contributed by atoms with E-state index in [0.717, 1.165) is 6.29 Å². The van der Waals surface area contributed by atoms with E-state index < -0.39 is 6.17 Å². The number of aliphatic hydroxyl groups is 1. The Labute approximate surface area is 71.1 Å². The van der Waals surface area contributed by atoms with Crippen molar-refractivity contribution in [2.45, 2.75) is 25.6 Å². The zero-order valence-corrected chi connectivity index (χ0v) is 6.97. The molecule has 0 aromatic heterocycles. The summed E-state index contributed by atoms with van der Waals surface area (Å²) in [5, 5.41) is 10.4. The molecule has 0 amide bonds. The molecule has 68 valence electrons. The number of carbonyl (C=O) groups is 1. The van der Waals surface area contributed by atoms with E-state index in [1.807, 2.05) is 6.92 Å². The topological polar surface area (TPSA) is 64.9 Å². The van der Waals surface area contributed by atoms with Crippen LogP contribution >= 0.6 is 0 Å². The number of carbonyl (C=O) groups excluding carboxylic acids is 1. The highest BCUT2D eigenvalue weighted by Gasteiger charge is 2.24. The van der Waals surface area contributed by atoms with Gasteiger partial charge in [0, 0.05) is 12.6 Å². The van der Waals surface area contributed by atoms with Crippen LogP contribution in [0, 0.1) is 0 Å². The highest BCUT2D eigenvalue weighted by Crippen LogP contribution is 2.07. The van der Waals surface area contributed by atoms with E-state index in [0.29, 0.717) is 6.42 Å². The van der Waals surface area contributed by atoms with Crippen LogP contribution in [0.5, 0.6) is 0 Å². The average Bonchev–Trinajstić information content (AvgIpc) is 2.51. The first-order chi connectivity index (χ1) is 5.79. The van der Waals surface area contributed by atoms with Crippen LogP contribution in [0.25, 0.3) is 0 Å². The Bertz CT molecular complexity index is 183. The largest absolute Gasteiger partial charge is 0.396 e. The molecule has 0 bridgehead atoms. The Morgan fingerprint density at radius 3 is 3.25 bits per heavy atom. The molecule has 0 aromatic rings. The molecule has 5 heteroatoms. The van der Waals surface area contributed by atoms with Gasteiger partial charge in [0.15, 0.2) is 12.5 Å². The summed E-state index contributed by atoms with van der Waals surface area (Å²) in [6.07, 6.45) is 2.45. The highest BCUT2D eigenvalue weighted by molar-refractivity contribution is 5.66. The number of aliphatic hydroxyl groups excluding tert-OH is 1. The van der Waals surface area contributed by atoms with E-state index in [1.54, 1.807) is 5.01 Å². The molecule has 1 unspecified atom stereocenters. The van der Waals surface area contributed by atoms with Crippen molar-refractivity contribution in [3.8, 4) is 0 Å². The van der Waals surface area contributed by atoms with Crippen molar-refractivity contribution in [2.75, 3.05) is 6.61 Å². The molecule has 0 saturated heterocycles. The summed E-state index contributed by atoms with van der Waals surface area (Å²) in [5.41, 5.74) is 2.84. The molecule has 1 aliphatic heterocycles. The summed E-state index contributed by atoms with van der Waals surface area (Å²) in [4.78, 5) is 14.3. The van der Waals surface area contributed by atoms with Crippen LogP contribution in [0.3, 0.4) is 0 Å². The monoisotopic (exact) mass is 171 g/mol. The molecule has 0 radical (unpaired) electrons. The second kappa shape index (κ2) is 4.18. The quantitative estimate of drug-likeness (QED) is 0.540. The van der Waals surface area contributed by atoms with Gasteiger partial charge in [-0.2, -0.15) is 5.01 Å². The third kappa shape index (κ3) is 1.80. The Balaban J connectivity index is 2.46. The van der Waals surface area contributed by atoms with Crippen molar-refractivity contribution in [1.29, 1.82) is 0 Å². The van der Waals surface area contributed by atoms with Crippen LogP contribution in [-0.2, 0) is 4.79 Å². The zero-order valence-electron chi connectivity index (χ0n) is 6.97. The van der Waals surface area contributed by atoms with Gasteiger partial charge in [0.2, 0.25) is 0 Å². The average molecular weight is 171 g/mol. The minimum absolute atomic E-state index is 0.104. The number of nitrogens with zero attached hydrogens (tertiary/aromatic N) is 2. The second-order valence-electron chi connectivity index (χ2n) is 2.73. The molecule has 2 N–H and O–H groups in total. The maximum Gasteiger partial charge on any atom is 0.176 e. The molecule has 2 atom stereocenters. The first-order valence-electron chi connectivity index (χ1n) is 3.92.